The normalized spacial score (nSPS) is 12.1. The molecule has 11 rings (SSSR count). The summed E-state index contributed by atoms with van der Waals surface area (Å²) >= 11 is 0. The van der Waals surface area contributed by atoms with E-state index >= 15 is 0 Å². The smallest absolute Gasteiger partial charge is 0.0561 e. The molecule has 0 aliphatic carbocycles. The van der Waals surface area contributed by atoms with Crippen LogP contribution in [0, 0.1) is 0 Å². The molecule has 0 saturated carbocycles. The molecule has 0 radical (unpaired) electrons. The first-order valence-corrected chi connectivity index (χ1v) is 18.2. The van der Waals surface area contributed by atoms with E-state index in [9.17, 15) is 0 Å². The SMILES string of the molecule is c1ccc(N(c2ccc(N3c4ccc5ccccc5c4-c4cccc5cccc3c45)cc2)c2ccc3c4ccccc4n(-c4ccccc4)c3c2)cc1. The van der Waals surface area contributed by atoms with Crippen molar-refractivity contribution in [2.75, 3.05) is 9.80 Å². The van der Waals surface area contributed by atoms with Crippen LogP contribution in [0.3, 0.4) is 0 Å². The van der Waals surface area contributed by atoms with Crippen molar-refractivity contribution in [3.05, 3.63) is 200 Å². The molecule has 3 heteroatoms. The molecule has 1 aliphatic rings. The second kappa shape index (κ2) is 11.7. The fourth-order valence-corrected chi connectivity index (χ4v) is 8.58. The van der Waals surface area contributed by atoms with Crippen LogP contribution >= 0.6 is 0 Å². The summed E-state index contributed by atoms with van der Waals surface area (Å²) in [5, 5.41) is 7.55. The minimum atomic E-state index is 1.09. The number of nitrogens with zero attached hydrogens (tertiary/aromatic N) is 3. The summed E-state index contributed by atoms with van der Waals surface area (Å²) in [5.41, 5.74) is 12.9. The van der Waals surface area contributed by atoms with Gasteiger partial charge in [-0.2, -0.15) is 0 Å². The minimum Gasteiger partial charge on any atom is -0.310 e. The largest absolute Gasteiger partial charge is 0.310 e. The first-order chi connectivity index (χ1) is 26.3. The lowest BCUT2D eigenvalue weighted by molar-refractivity contribution is 1.18. The van der Waals surface area contributed by atoms with Crippen molar-refractivity contribution in [3.63, 3.8) is 0 Å². The zero-order valence-electron chi connectivity index (χ0n) is 28.9. The van der Waals surface area contributed by atoms with Crippen molar-refractivity contribution >= 4 is 77.5 Å². The topological polar surface area (TPSA) is 11.4 Å². The van der Waals surface area contributed by atoms with Crippen LogP contribution < -0.4 is 9.80 Å². The van der Waals surface area contributed by atoms with Gasteiger partial charge in [0.15, 0.2) is 0 Å². The highest BCUT2D eigenvalue weighted by molar-refractivity contribution is 6.19. The van der Waals surface area contributed by atoms with E-state index in [-0.39, 0.29) is 0 Å². The zero-order chi connectivity index (χ0) is 34.9. The highest BCUT2D eigenvalue weighted by atomic mass is 15.2. The predicted molar refractivity (Wildman–Crippen MR) is 224 cm³/mol. The summed E-state index contributed by atoms with van der Waals surface area (Å²) in [6.45, 7) is 0. The third-order valence-electron chi connectivity index (χ3n) is 10.9. The number of para-hydroxylation sites is 3. The Labute approximate surface area is 307 Å². The fraction of sp³-hybridized carbons (Fsp3) is 0. The Morgan fingerprint density at radius 3 is 1.83 bits per heavy atom. The maximum atomic E-state index is 2.44. The summed E-state index contributed by atoms with van der Waals surface area (Å²) in [6, 6.07) is 72.7. The molecule has 53 heavy (non-hydrogen) atoms. The molecule has 248 valence electrons. The Morgan fingerprint density at radius 2 is 1.00 bits per heavy atom. The van der Waals surface area contributed by atoms with Gasteiger partial charge in [0.1, 0.15) is 0 Å². The lowest BCUT2D eigenvalue weighted by Crippen LogP contribution is -2.15. The lowest BCUT2D eigenvalue weighted by atomic mass is 9.87. The van der Waals surface area contributed by atoms with Gasteiger partial charge in [0.2, 0.25) is 0 Å². The van der Waals surface area contributed by atoms with E-state index in [1.54, 1.807) is 0 Å². The Balaban J connectivity index is 1.09. The molecule has 0 saturated heterocycles. The Morgan fingerprint density at radius 1 is 0.358 bits per heavy atom. The monoisotopic (exact) mass is 675 g/mol. The van der Waals surface area contributed by atoms with E-state index in [0.29, 0.717) is 0 Å². The number of fused-ring (bicyclic) bond motifs is 7. The molecule has 3 nitrogen and oxygen atoms in total. The van der Waals surface area contributed by atoms with E-state index < -0.39 is 0 Å². The fourth-order valence-electron chi connectivity index (χ4n) is 8.58. The van der Waals surface area contributed by atoms with Gasteiger partial charge >= 0.3 is 0 Å². The van der Waals surface area contributed by atoms with Gasteiger partial charge in [-0.1, -0.05) is 121 Å². The molecule has 10 aromatic rings. The number of benzene rings is 9. The van der Waals surface area contributed by atoms with Crippen LogP contribution in [-0.2, 0) is 0 Å². The zero-order valence-corrected chi connectivity index (χ0v) is 28.9. The number of hydrogen-bond acceptors (Lipinski definition) is 2. The van der Waals surface area contributed by atoms with E-state index in [4.69, 9.17) is 0 Å². The summed E-state index contributed by atoms with van der Waals surface area (Å²) in [6.07, 6.45) is 0. The van der Waals surface area contributed by atoms with Crippen molar-refractivity contribution in [2.45, 2.75) is 0 Å². The number of anilines is 6. The second-order valence-corrected chi connectivity index (χ2v) is 13.8. The molecule has 0 N–H and O–H groups in total. The molecular weight excluding hydrogens is 643 g/mol. The van der Waals surface area contributed by atoms with Crippen molar-refractivity contribution in [2.24, 2.45) is 0 Å². The predicted octanol–water partition coefficient (Wildman–Crippen LogP) is 14.0. The molecule has 0 spiro atoms. The van der Waals surface area contributed by atoms with Crippen molar-refractivity contribution in [3.8, 4) is 16.8 Å². The van der Waals surface area contributed by atoms with Crippen molar-refractivity contribution < 1.29 is 0 Å². The van der Waals surface area contributed by atoms with Gasteiger partial charge in [-0.05, 0) is 101 Å². The number of hydrogen-bond donors (Lipinski definition) is 0. The van der Waals surface area contributed by atoms with Crippen LogP contribution in [0.4, 0.5) is 34.1 Å². The maximum absolute atomic E-state index is 2.44. The molecular formula is C50H33N3. The summed E-state index contributed by atoms with van der Waals surface area (Å²) in [4.78, 5) is 4.81. The molecule has 1 aromatic heterocycles. The average molecular weight is 676 g/mol. The molecule has 0 amide bonds. The summed E-state index contributed by atoms with van der Waals surface area (Å²) < 4.78 is 2.39. The maximum Gasteiger partial charge on any atom is 0.0561 e. The van der Waals surface area contributed by atoms with Crippen LogP contribution in [0.2, 0.25) is 0 Å². The van der Waals surface area contributed by atoms with E-state index in [0.717, 1.165) is 28.4 Å². The average Bonchev–Trinajstić information content (AvgIpc) is 3.56. The molecule has 9 aromatic carbocycles. The third kappa shape index (κ3) is 4.54. The second-order valence-electron chi connectivity index (χ2n) is 13.8. The molecule has 0 bridgehead atoms. The van der Waals surface area contributed by atoms with Gasteiger partial charge in [0.05, 0.1) is 22.4 Å². The van der Waals surface area contributed by atoms with Gasteiger partial charge in [-0.25, -0.2) is 0 Å². The molecule has 1 aliphatic heterocycles. The highest BCUT2D eigenvalue weighted by Gasteiger charge is 2.27. The van der Waals surface area contributed by atoms with Gasteiger partial charge in [-0.15, -0.1) is 0 Å². The first kappa shape index (κ1) is 29.6. The Kier molecular flexibility index (Phi) is 6.55. The van der Waals surface area contributed by atoms with Crippen LogP contribution in [-0.4, -0.2) is 4.57 Å². The van der Waals surface area contributed by atoms with Crippen molar-refractivity contribution in [1.82, 2.24) is 4.57 Å². The first-order valence-electron chi connectivity index (χ1n) is 18.2. The highest BCUT2D eigenvalue weighted by Crippen LogP contribution is 2.53. The molecule has 2 heterocycles. The quantitative estimate of drug-likeness (QED) is 0.180. The Bertz CT molecular complexity index is 2990. The van der Waals surface area contributed by atoms with Crippen molar-refractivity contribution in [1.29, 1.82) is 0 Å². The molecule has 0 fully saturated rings. The van der Waals surface area contributed by atoms with E-state index in [1.165, 1.54) is 65.9 Å². The van der Waals surface area contributed by atoms with E-state index in [2.05, 4.69) is 215 Å². The molecule has 0 unspecified atom stereocenters. The van der Waals surface area contributed by atoms with Gasteiger partial charge in [0.25, 0.3) is 0 Å². The Hall–Kier alpha value is -7.10. The lowest BCUT2D eigenvalue weighted by Gasteiger charge is -2.34. The summed E-state index contributed by atoms with van der Waals surface area (Å²) in [5.74, 6) is 0. The number of aromatic nitrogens is 1. The van der Waals surface area contributed by atoms with Gasteiger partial charge < -0.3 is 14.4 Å². The van der Waals surface area contributed by atoms with Gasteiger partial charge in [0, 0.05) is 50.2 Å². The minimum absolute atomic E-state index is 1.09. The van der Waals surface area contributed by atoms with Crippen LogP contribution in [0.1, 0.15) is 0 Å². The van der Waals surface area contributed by atoms with Crippen LogP contribution in [0.15, 0.2) is 200 Å². The summed E-state index contributed by atoms with van der Waals surface area (Å²) in [7, 11) is 0. The van der Waals surface area contributed by atoms with Crippen LogP contribution in [0.25, 0.3) is 60.2 Å². The third-order valence-corrected chi connectivity index (χ3v) is 10.9. The molecule has 0 atom stereocenters. The number of rotatable bonds is 5. The van der Waals surface area contributed by atoms with E-state index in [1.807, 2.05) is 0 Å². The van der Waals surface area contributed by atoms with Crippen LogP contribution in [0.5, 0.6) is 0 Å². The van der Waals surface area contributed by atoms with Gasteiger partial charge in [-0.3, -0.25) is 0 Å². The standard InChI is InChI=1S/C50H33N3/c1-3-16-36(17-4-1)51(40-30-31-43-42-21-9-10-23-45(42)52(48(43)33-40)37-18-5-2-6-19-37)38-26-28-39(29-27-38)53-46-24-12-15-35-14-11-22-44(49(35)46)50-41-20-8-7-13-34(41)25-32-47(50)53/h1-33H.